The standard InChI is InChI=1S/C16H20N4O/c1-9-5-6-13-12(4)20(8-7-14(13)17-9)16(21)15-18-10(2)11(3)19-15/h5-6,12H,7-8H2,1-4H3,(H,18,19). The summed E-state index contributed by atoms with van der Waals surface area (Å²) in [6.45, 7) is 8.57. The van der Waals surface area contributed by atoms with E-state index in [1.165, 1.54) is 0 Å². The lowest BCUT2D eigenvalue weighted by molar-refractivity contribution is 0.0664. The van der Waals surface area contributed by atoms with Gasteiger partial charge >= 0.3 is 0 Å². The summed E-state index contributed by atoms with van der Waals surface area (Å²) in [4.78, 5) is 26.5. The van der Waals surface area contributed by atoms with Gasteiger partial charge in [-0.15, -0.1) is 0 Å². The maximum absolute atomic E-state index is 12.7. The van der Waals surface area contributed by atoms with Crippen LogP contribution in [0.5, 0.6) is 0 Å². The van der Waals surface area contributed by atoms with Crippen molar-refractivity contribution >= 4 is 5.91 Å². The van der Waals surface area contributed by atoms with E-state index in [1.54, 1.807) is 0 Å². The molecule has 1 atom stereocenters. The Morgan fingerprint density at radius 2 is 2.05 bits per heavy atom. The van der Waals surface area contributed by atoms with E-state index in [0.717, 1.165) is 34.8 Å². The average molecular weight is 284 g/mol. The Balaban J connectivity index is 1.91. The van der Waals surface area contributed by atoms with E-state index in [9.17, 15) is 4.79 Å². The van der Waals surface area contributed by atoms with Crippen LogP contribution < -0.4 is 0 Å². The van der Waals surface area contributed by atoms with Crippen molar-refractivity contribution in [3.05, 3.63) is 46.3 Å². The number of carbonyl (C=O) groups is 1. The van der Waals surface area contributed by atoms with Crippen LogP contribution in [0.3, 0.4) is 0 Å². The van der Waals surface area contributed by atoms with Crippen LogP contribution in [0, 0.1) is 20.8 Å². The van der Waals surface area contributed by atoms with Gasteiger partial charge in [-0.2, -0.15) is 0 Å². The number of H-pyrrole nitrogens is 1. The number of nitrogens with one attached hydrogen (secondary N) is 1. The molecule has 3 heterocycles. The fourth-order valence-corrected chi connectivity index (χ4v) is 2.85. The average Bonchev–Trinajstić information content (AvgIpc) is 2.78. The van der Waals surface area contributed by atoms with Crippen LogP contribution in [0.1, 0.15) is 51.9 Å². The van der Waals surface area contributed by atoms with Crippen molar-refractivity contribution in [1.82, 2.24) is 19.9 Å². The van der Waals surface area contributed by atoms with Crippen molar-refractivity contribution < 1.29 is 4.79 Å². The molecular weight excluding hydrogens is 264 g/mol. The summed E-state index contributed by atoms with van der Waals surface area (Å²) in [5.41, 5.74) is 5.10. The summed E-state index contributed by atoms with van der Waals surface area (Å²) in [6.07, 6.45) is 0.797. The lowest BCUT2D eigenvalue weighted by Gasteiger charge is -2.34. The molecule has 1 aliphatic rings. The summed E-state index contributed by atoms with van der Waals surface area (Å²) >= 11 is 0. The Hall–Kier alpha value is -2.17. The Morgan fingerprint density at radius 1 is 1.29 bits per heavy atom. The van der Waals surface area contributed by atoms with E-state index >= 15 is 0 Å². The zero-order valence-corrected chi connectivity index (χ0v) is 12.9. The van der Waals surface area contributed by atoms with Gasteiger partial charge in [-0.1, -0.05) is 6.07 Å². The molecular formula is C16H20N4O. The number of aromatic amines is 1. The van der Waals surface area contributed by atoms with Crippen LogP contribution in [0.15, 0.2) is 12.1 Å². The fraction of sp³-hybridized carbons (Fsp3) is 0.438. The summed E-state index contributed by atoms with van der Waals surface area (Å²) in [5, 5.41) is 0. The maximum atomic E-state index is 12.7. The summed E-state index contributed by atoms with van der Waals surface area (Å²) in [7, 11) is 0. The van der Waals surface area contributed by atoms with Gasteiger partial charge in [0.05, 0.1) is 11.7 Å². The lowest BCUT2D eigenvalue weighted by Crippen LogP contribution is -2.39. The molecule has 3 rings (SSSR count). The molecule has 0 radical (unpaired) electrons. The van der Waals surface area contributed by atoms with Gasteiger partial charge in [0.15, 0.2) is 5.82 Å². The molecule has 1 N–H and O–H groups in total. The number of imidazole rings is 1. The smallest absolute Gasteiger partial charge is 0.290 e. The minimum absolute atomic E-state index is 0.0278. The van der Waals surface area contributed by atoms with Crippen LogP contribution in [0.2, 0.25) is 0 Å². The molecule has 5 nitrogen and oxygen atoms in total. The number of fused-ring (bicyclic) bond motifs is 1. The number of aromatic nitrogens is 3. The van der Waals surface area contributed by atoms with E-state index in [0.29, 0.717) is 12.4 Å². The predicted molar refractivity (Wildman–Crippen MR) is 80.2 cm³/mol. The van der Waals surface area contributed by atoms with E-state index in [1.807, 2.05) is 31.7 Å². The quantitative estimate of drug-likeness (QED) is 0.875. The van der Waals surface area contributed by atoms with Crippen molar-refractivity contribution in [3.8, 4) is 0 Å². The first kappa shape index (κ1) is 13.8. The second-order valence-corrected chi connectivity index (χ2v) is 5.71. The van der Waals surface area contributed by atoms with Crippen molar-refractivity contribution in [3.63, 3.8) is 0 Å². The predicted octanol–water partition coefficient (Wildman–Crippen LogP) is 2.49. The van der Waals surface area contributed by atoms with E-state index < -0.39 is 0 Å². The molecule has 1 amide bonds. The summed E-state index contributed by atoms with van der Waals surface area (Å²) < 4.78 is 0. The lowest BCUT2D eigenvalue weighted by atomic mass is 9.97. The highest BCUT2D eigenvalue weighted by Gasteiger charge is 2.30. The highest BCUT2D eigenvalue weighted by Crippen LogP contribution is 2.29. The van der Waals surface area contributed by atoms with Gasteiger partial charge in [0, 0.05) is 30.0 Å². The van der Waals surface area contributed by atoms with E-state index in [2.05, 4.69) is 27.9 Å². The molecule has 0 spiro atoms. The number of hydrogen-bond donors (Lipinski definition) is 1. The van der Waals surface area contributed by atoms with Gasteiger partial charge in [0.25, 0.3) is 5.91 Å². The second-order valence-electron chi connectivity index (χ2n) is 5.71. The van der Waals surface area contributed by atoms with Crippen LogP contribution >= 0.6 is 0 Å². The summed E-state index contributed by atoms with van der Waals surface area (Å²) in [6, 6.07) is 4.12. The van der Waals surface area contributed by atoms with Crippen LogP contribution in [0.25, 0.3) is 0 Å². The van der Waals surface area contributed by atoms with Crippen molar-refractivity contribution in [2.24, 2.45) is 0 Å². The topological polar surface area (TPSA) is 61.9 Å². The molecule has 0 saturated heterocycles. The van der Waals surface area contributed by atoms with Crippen LogP contribution in [0.4, 0.5) is 0 Å². The Morgan fingerprint density at radius 3 is 2.71 bits per heavy atom. The van der Waals surface area contributed by atoms with Gasteiger partial charge in [-0.25, -0.2) is 4.98 Å². The third kappa shape index (κ3) is 2.33. The number of aryl methyl sites for hydroxylation is 3. The highest BCUT2D eigenvalue weighted by atomic mass is 16.2. The third-order valence-electron chi connectivity index (χ3n) is 4.25. The van der Waals surface area contributed by atoms with Gasteiger partial charge in [-0.3, -0.25) is 9.78 Å². The normalized spacial score (nSPS) is 17.7. The Kier molecular flexibility index (Phi) is 3.27. The van der Waals surface area contributed by atoms with Crippen molar-refractivity contribution in [2.45, 2.75) is 40.2 Å². The minimum atomic E-state index is -0.0371. The molecule has 0 fully saturated rings. The molecule has 2 aromatic rings. The van der Waals surface area contributed by atoms with Gasteiger partial charge in [0.2, 0.25) is 0 Å². The van der Waals surface area contributed by atoms with Crippen molar-refractivity contribution in [1.29, 1.82) is 0 Å². The minimum Gasteiger partial charge on any atom is -0.338 e. The fourth-order valence-electron chi connectivity index (χ4n) is 2.85. The zero-order chi connectivity index (χ0) is 15.1. The number of hydrogen-bond acceptors (Lipinski definition) is 3. The molecule has 1 unspecified atom stereocenters. The number of amides is 1. The molecule has 1 aliphatic heterocycles. The highest BCUT2D eigenvalue weighted by molar-refractivity contribution is 5.91. The molecule has 5 heteroatoms. The molecule has 2 aromatic heterocycles. The van der Waals surface area contributed by atoms with E-state index in [4.69, 9.17) is 0 Å². The summed E-state index contributed by atoms with van der Waals surface area (Å²) in [5.74, 6) is 0.394. The van der Waals surface area contributed by atoms with E-state index in [-0.39, 0.29) is 11.9 Å². The van der Waals surface area contributed by atoms with Gasteiger partial charge in [0.1, 0.15) is 0 Å². The molecule has 0 saturated carbocycles. The number of rotatable bonds is 1. The van der Waals surface area contributed by atoms with Crippen LogP contribution in [-0.4, -0.2) is 32.3 Å². The first-order chi connectivity index (χ1) is 9.97. The molecule has 0 bridgehead atoms. The molecule has 0 aromatic carbocycles. The molecule has 0 aliphatic carbocycles. The molecule has 21 heavy (non-hydrogen) atoms. The monoisotopic (exact) mass is 284 g/mol. The third-order valence-corrected chi connectivity index (χ3v) is 4.25. The second kappa shape index (κ2) is 4.98. The largest absolute Gasteiger partial charge is 0.338 e. The number of carbonyl (C=O) groups excluding carboxylic acids is 1. The number of pyridine rings is 1. The van der Waals surface area contributed by atoms with Crippen molar-refractivity contribution in [2.75, 3.05) is 6.54 Å². The Bertz CT molecular complexity index is 685. The number of nitrogens with zero attached hydrogens (tertiary/aromatic N) is 3. The zero-order valence-electron chi connectivity index (χ0n) is 12.9. The first-order valence-corrected chi connectivity index (χ1v) is 7.28. The van der Waals surface area contributed by atoms with Gasteiger partial charge < -0.3 is 9.88 Å². The Labute approximate surface area is 124 Å². The SMILES string of the molecule is Cc1ccc2c(n1)CCN(C(=O)c1nc(C)c(C)[nH]1)C2C. The first-order valence-electron chi connectivity index (χ1n) is 7.28. The van der Waals surface area contributed by atoms with Gasteiger partial charge in [-0.05, 0) is 39.3 Å². The van der Waals surface area contributed by atoms with Crippen LogP contribution in [-0.2, 0) is 6.42 Å². The molecule has 110 valence electrons. The maximum Gasteiger partial charge on any atom is 0.290 e.